The standard InChI is InChI=1S/C31H47N4O9P/c1-7-12-22(13-8-2)18-39-27(36)21(3)34-45(38,40-19-23-14-10-9-11-15-23)41-20-24-26-31(6,44-30(4,5)43-26)28(42-24)35-17-16-25(32)33-29(35)37/h9-11,14-17,21-22,24,26,28H,7-8,12-13,18-20H2,1-6H3,(H,34,38)(H2,32,33,37)/t21-,24+,26+,28+,31+,45?/m0/s1. The summed E-state index contributed by atoms with van der Waals surface area (Å²) in [5.74, 6) is -1.24. The lowest BCUT2D eigenvalue weighted by Crippen LogP contribution is -2.45. The lowest BCUT2D eigenvalue weighted by molar-refractivity contribution is -0.217. The number of carbonyl (C=O) groups excluding carboxylic acids is 1. The zero-order valence-corrected chi connectivity index (χ0v) is 27.9. The van der Waals surface area contributed by atoms with Crippen molar-refractivity contribution in [2.45, 2.75) is 110 Å². The Balaban J connectivity index is 1.51. The van der Waals surface area contributed by atoms with Gasteiger partial charge in [0.2, 0.25) is 0 Å². The third kappa shape index (κ3) is 8.79. The molecule has 2 aliphatic rings. The van der Waals surface area contributed by atoms with Crippen molar-refractivity contribution in [3.8, 4) is 0 Å². The average Bonchev–Trinajstić information content (AvgIpc) is 3.39. The summed E-state index contributed by atoms with van der Waals surface area (Å²) in [4.78, 5) is 29.5. The minimum absolute atomic E-state index is 0.0452. The zero-order chi connectivity index (χ0) is 32.8. The number of benzene rings is 1. The highest BCUT2D eigenvalue weighted by Gasteiger charge is 2.64. The molecule has 250 valence electrons. The number of anilines is 1. The summed E-state index contributed by atoms with van der Waals surface area (Å²) in [5.41, 5.74) is 4.70. The van der Waals surface area contributed by atoms with Crippen molar-refractivity contribution in [3.63, 3.8) is 0 Å². The number of hydrogen-bond donors (Lipinski definition) is 2. The average molecular weight is 651 g/mol. The Kier molecular flexibility index (Phi) is 11.6. The lowest BCUT2D eigenvalue weighted by atomic mass is 9.96. The van der Waals surface area contributed by atoms with Gasteiger partial charge in [0.1, 0.15) is 29.7 Å². The van der Waals surface area contributed by atoms with E-state index in [9.17, 15) is 14.2 Å². The third-order valence-corrected chi connectivity index (χ3v) is 9.55. The highest BCUT2D eigenvalue weighted by Crippen LogP contribution is 2.52. The van der Waals surface area contributed by atoms with Crippen molar-refractivity contribution in [1.29, 1.82) is 0 Å². The number of esters is 1. The number of carbonyl (C=O) groups is 1. The van der Waals surface area contributed by atoms with E-state index in [1.54, 1.807) is 27.7 Å². The number of nitrogens with one attached hydrogen (secondary N) is 1. The molecule has 0 radical (unpaired) electrons. The zero-order valence-electron chi connectivity index (χ0n) is 27.0. The van der Waals surface area contributed by atoms with Gasteiger partial charge >= 0.3 is 19.4 Å². The fraction of sp³-hybridized carbons (Fsp3) is 0.645. The topological polar surface area (TPSA) is 162 Å². The first-order valence-corrected chi connectivity index (χ1v) is 17.1. The van der Waals surface area contributed by atoms with Gasteiger partial charge < -0.3 is 24.7 Å². The lowest BCUT2D eigenvalue weighted by Gasteiger charge is -2.30. The van der Waals surface area contributed by atoms with Gasteiger partial charge in [0.25, 0.3) is 0 Å². The van der Waals surface area contributed by atoms with Gasteiger partial charge in [-0.2, -0.15) is 4.98 Å². The summed E-state index contributed by atoms with van der Waals surface area (Å²) in [5, 5.41) is 2.75. The van der Waals surface area contributed by atoms with Crippen LogP contribution in [-0.2, 0) is 44.0 Å². The van der Waals surface area contributed by atoms with Crippen molar-refractivity contribution in [1.82, 2.24) is 14.6 Å². The molecule has 14 heteroatoms. The molecule has 0 amide bonds. The largest absolute Gasteiger partial charge is 0.464 e. The monoisotopic (exact) mass is 650 g/mol. The van der Waals surface area contributed by atoms with Crippen molar-refractivity contribution in [3.05, 3.63) is 58.6 Å². The van der Waals surface area contributed by atoms with Gasteiger partial charge in [-0.05, 0) is 58.1 Å². The van der Waals surface area contributed by atoms with E-state index in [0.29, 0.717) is 0 Å². The van der Waals surface area contributed by atoms with E-state index in [-0.39, 0.29) is 31.6 Å². The van der Waals surface area contributed by atoms with Crippen LogP contribution in [0.2, 0.25) is 0 Å². The van der Waals surface area contributed by atoms with Crippen LogP contribution < -0.4 is 16.5 Å². The molecule has 0 spiro atoms. The Morgan fingerprint density at radius 1 is 1.13 bits per heavy atom. The van der Waals surface area contributed by atoms with Crippen molar-refractivity contribution >= 4 is 19.5 Å². The molecule has 0 bridgehead atoms. The second-order valence-corrected chi connectivity index (χ2v) is 14.0. The van der Waals surface area contributed by atoms with E-state index < -0.39 is 55.3 Å². The minimum atomic E-state index is -4.14. The van der Waals surface area contributed by atoms with Gasteiger partial charge in [-0.15, -0.1) is 0 Å². The van der Waals surface area contributed by atoms with E-state index in [1.807, 2.05) is 30.3 Å². The van der Waals surface area contributed by atoms with E-state index >= 15 is 0 Å². The molecule has 3 N–H and O–H groups in total. The van der Waals surface area contributed by atoms with Crippen LogP contribution in [0.4, 0.5) is 5.82 Å². The number of nitrogens with zero attached hydrogens (tertiary/aromatic N) is 2. The van der Waals surface area contributed by atoms with Crippen LogP contribution in [0.1, 0.15) is 79.0 Å². The van der Waals surface area contributed by atoms with Gasteiger partial charge in [-0.1, -0.05) is 57.0 Å². The van der Waals surface area contributed by atoms with Crippen LogP contribution in [0, 0.1) is 5.92 Å². The molecule has 2 aromatic rings. The third-order valence-electron chi connectivity index (χ3n) is 7.89. The van der Waals surface area contributed by atoms with Crippen molar-refractivity contribution in [2.24, 2.45) is 5.92 Å². The predicted octanol–water partition coefficient (Wildman–Crippen LogP) is 4.71. The summed E-state index contributed by atoms with van der Waals surface area (Å²) in [6.45, 7) is 11.0. The molecule has 1 unspecified atom stereocenters. The van der Waals surface area contributed by atoms with Crippen molar-refractivity contribution < 1.29 is 37.4 Å². The second kappa shape index (κ2) is 14.8. The van der Waals surface area contributed by atoms with E-state index in [0.717, 1.165) is 31.2 Å². The van der Waals surface area contributed by atoms with Gasteiger partial charge in [0.05, 0.1) is 19.8 Å². The number of ether oxygens (including phenoxy) is 4. The van der Waals surface area contributed by atoms with Crippen LogP contribution in [0.25, 0.3) is 0 Å². The summed E-state index contributed by atoms with van der Waals surface area (Å²) in [6, 6.07) is 9.66. The predicted molar refractivity (Wildman–Crippen MR) is 167 cm³/mol. The first kappa shape index (κ1) is 35.2. The van der Waals surface area contributed by atoms with Crippen LogP contribution in [-0.4, -0.2) is 58.4 Å². The van der Waals surface area contributed by atoms with Gasteiger partial charge in [-0.25, -0.2) is 14.4 Å². The van der Waals surface area contributed by atoms with Gasteiger partial charge in [-0.3, -0.25) is 18.4 Å². The number of hydrogen-bond acceptors (Lipinski definition) is 11. The fourth-order valence-corrected chi connectivity index (χ4v) is 7.34. The highest BCUT2D eigenvalue weighted by atomic mass is 31.2. The maximum absolute atomic E-state index is 14.2. The van der Waals surface area contributed by atoms with E-state index in [2.05, 4.69) is 23.9 Å². The minimum Gasteiger partial charge on any atom is -0.464 e. The van der Waals surface area contributed by atoms with Crippen LogP contribution in [0.15, 0.2) is 47.4 Å². The summed E-state index contributed by atoms with van der Waals surface area (Å²) < 4.78 is 51.5. The molecule has 13 nitrogen and oxygen atoms in total. The molecule has 2 saturated heterocycles. The molecule has 6 atom stereocenters. The molecule has 4 rings (SSSR count). The molecular weight excluding hydrogens is 603 g/mol. The maximum Gasteiger partial charge on any atom is 0.406 e. The van der Waals surface area contributed by atoms with Gasteiger partial charge in [0, 0.05) is 6.20 Å². The molecule has 0 saturated carbocycles. The number of nitrogens with two attached hydrogens (primary N) is 1. The smallest absolute Gasteiger partial charge is 0.406 e. The molecule has 1 aromatic carbocycles. The number of rotatable bonds is 16. The fourth-order valence-electron chi connectivity index (χ4n) is 5.87. The normalized spacial score (nSPS) is 26.0. The molecule has 2 aliphatic heterocycles. The summed E-state index contributed by atoms with van der Waals surface area (Å²) in [7, 11) is -4.14. The maximum atomic E-state index is 14.2. The van der Waals surface area contributed by atoms with Crippen LogP contribution >= 0.6 is 7.75 Å². The molecule has 45 heavy (non-hydrogen) atoms. The number of fused-ring (bicyclic) bond motifs is 1. The Morgan fingerprint density at radius 3 is 2.47 bits per heavy atom. The Hall–Kier alpha value is -2.64. The van der Waals surface area contributed by atoms with E-state index in [4.69, 9.17) is 33.7 Å². The Morgan fingerprint density at radius 2 is 1.82 bits per heavy atom. The van der Waals surface area contributed by atoms with Gasteiger partial charge in [0.15, 0.2) is 12.0 Å². The SMILES string of the molecule is CCCC(CCC)COC(=O)[C@H](C)NP(=O)(OCc1ccccc1)OC[C@H]1O[C@@H](n2ccc(N)nc2=O)[C@]2(C)OC(C)(C)O[C@H]12. The molecule has 0 aliphatic carbocycles. The van der Waals surface area contributed by atoms with Crippen molar-refractivity contribution in [2.75, 3.05) is 18.9 Å². The van der Waals surface area contributed by atoms with E-state index in [1.165, 1.54) is 16.8 Å². The Bertz CT molecular complexity index is 1380. The second-order valence-electron chi connectivity index (χ2n) is 12.3. The quantitative estimate of drug-likeness (QED) is 0.190. The summed E-state index contributed by atoms with van der Waals surface area (Å²) in [6.07, 6.45) is 2.85. The number of nitrogen functional groups attached to an aromatic ring is 1. The molecule has 1 aromatic heterocycles. The molecular formula is C31H47N4O9P. The molecule has 2 fully saturated rings. The number of aromatic nitrogens is 2. The van der Waals surface area contributed by atoms with Crippen LogP contribution in [0.5, 0.6) is 0 Å². The Labute approximate surface area is 264 Å². The highest BCUT2D eigenvalue weighted by molar-refractivity contribution is 7.51. The summed E-state index contributed by atoms with van der Waals surface area (Å²) >= 11 is 0. The van der Waals surface area contributed by atoms with Crippen LogP contribution in [0.3, 0.4) is 0 Å². The first-order valence-electron chi connectivity index (χ1n) is 15.5. The molecule has 3 heterocycles. The first-order chi connectivity index (χ1) is 21.3.